The number of aromatic hydroxyl groups is 1. The molecule has 3 N–H and O–H groups in total. The molecule has 1 heterocycles. The van der Waals surface area contributed by atoms with Gasteiger partial charge in [0.1, 0.15) is 5.75 Å². The summed E-state index contributed by atoms with van der Waals surface area (Å²) in [6, 6.07) is 5.56. The highest BCUT2D eigenvalue weighted by Gasteiger charge is 2.37. The minimum atomic E-state index is -0.126. The third kappa shape index (κ3) is 2.77. The fraction of sp³-hybridized carbons (Fsp3) is 0.538. The van der Waals surface area contributed by atoms with Gasteiger partial charge in [-0.3, -0.25) is 0 Å². The molecule has 0 atom stereocenters. The van der Waals surface area contributed by atoms with Crippen LogP contribution in [0.5, 0.6) is 5.75 Å². The van der Waals surface area contributed by atoms with E-state index in [1.165, 1.54) is 0 Å². The van der Waals surface area contributed by atoms with E-state index in [-0.39, 0.29) is 12.0 Å². The molecule has 1 aromatic carbocycles. The molecule has 1 fully saturated rings. The van der Waals surface area contributed by atoms with Gasteiger partial charge in [-0.15, -0.1) is 0 Å². The average Bonchev–Trinajstić information content (AvgIpc) is 2.27. The number of phenolic OH excluding ortho intramolecular Hbond substituents is 1. The monoisotopic (exact) mass is 237 g/mol. The van der Waals surface area contributed by atoms with E-state index in [9.17, 15) is 10.2 Å². The second-order valence-electron chi connectivity index (χ2n) is 4.89. The summed E-state index contributed by atoms with van der Waals surface area (Å²) in [5.41, 5.74) is 1.89. The van der Waals surface area contributed by atoms with E-state index in [4.69, 9.17) is 4.74 Å². The van der Waals surface area contributed by atoms with Crippen molar-refractivity contribution in [2.45, 2.75) is 13.5 Å². The minimum absolute atomic E-state index is 0.126. The Labute approximate surface area is 101 Å². The number of aryl methyl sites for hydroxylation is 1. The summed E-state index contributed by atoms with van der Waals surface area (Å²) in [6.45, 7) is 4.66. The van der Waals surface area contributed by atoms with Crippen LogP contribution in [0.3, 0.4) is 0 Å². The third-order valence-corrected chi connectivity index (χ3v) is 3.20. The van der Waals surface area contributed by atoms with Gasteiger partial charge in [0.2, 0.25) is 0 Å². The first kappa shape index (κ1) is 12.4. The van der Waals surface area contributed by atoms with Gasteiger partial charge in [0.25, 0.3) is 0 Å². The summed E-state index contributed by atoms with van der Waals surface area (Å²) in [6.07, 6.45) is 0. The van der Waals surface area contributed by atoms with E-state index in [1.807, 2.05) is 19.1 Å². The number of rotatable bonds is 5. The van der Waals surface area contributed by atoms with Crippen molar-refractivity contribution in [2.75, 3.05) is 26.4 Å². The average molecular weight is 237 g/mol. The minimum Gasteiger partial charge on any atom is -0.508 e. The van der Waals surface area contributed by atoms with Gasteiger partial charge in [0, 0.05) is 18.7 Å². The number of hydrogen-bond donors (Lipinski definition) is 3. The van der Waals surface area contributed by atoms with Crippen molar-refractivity contribution in [3.05, 3.63) is 29.3 Å². The van der Waals surface area contributed by atoms with Gasteiger partial charge >= 0.3 is 0 Å². The fourth-order valence-corrected chi connectivity index (χ4v) is 1.96. The van der Waals surface area contributed by atoms with Gasteiger partial charge in [-0.05, 0) is 13.0 Å². The zero-order valence-electron chi connectivity index (χ0n) is 10.1. The van der Waals surface area contributed by atoms with Crippen LogP contribution >= 0.6 is 0 Å². The molecule has 94 valence electrons. The number of ether oxygens (including phenoxy) is 1. The van der Waals surface area contributed by atoms with Gasteiger partial charge in [-0.2, -0.15) is 0 Å². The lowest BCUT2D eigenvalue weighted by molar-refractivity contribution is -0.134. The fourth-order valence-electron chi connectivity index (χ4n) is 1.96. The van der Waals surface area contributed by atoms with E-state index in [1.54, 1.807) is 6.07 Å². The lowest BCUT2D eigenvalue weighted by atomic mass is 9.87. The van der Waals surface area contributed by atoms with Crippen LogP contribution in [0.15, 0.2) is 18.2 Å². The summed E-state index contributed by atoms with van der Waals surface area (Å²) < 4.78 is 5.13. The standard InChI is InChI=1S/C13H19NO3/c1-10-2-3-12(16)11(4-10)5-14-6-13(7-15)8-17-9-13/h2-4,14-16H,5-9H2,1H3. The van der Waals surface area contributed by atoms with E-state index >= 15 is 0 Å². The van der Waals surface area contributed by atoms with Crippen LogP contribution in [-0.4, -0.2) is 36.6 Å². The van der Waals surface area contributed by atoms with Crippen molar-refractivity contribution in [2.24, 2.45) is 5.41 Å². The molecule has 4 nitrogen and oxygen atoms in total. The Morgan fingerprint density at radius 3 is 2.76 bits per heavy atom. The van der Waals surface area contributed by atoms with Gasteiger partial charge < -0.3 is 20.3 Å². The molecule has 4 heteroatoms. The zero-order valence-corrected chi connectivity index (χ0v) is 10.1. The van der Waals surface area contributed by atoms with E-state index in [0.717, 1.165) is 11.1 Å². The number of aliphatic hydroxyl groups excluding tert-OH is 1. The van der Waals surface area contributed by atoms with Gasteiger partial charge in [-0.25, -0.2) is 0 Å². The number of hydrogen-bond acceptors (Lipinski definition) is 4. The van der Waals surface area contributed by atoms with Crippen LogP contribution in [0, 0.1) is 12.3 Å². The Morgan fingerprint density at radius 2 is 2.18 bits per heavy atom. The molecule has 17 heavy (non-hydrogen) atoms. The number of nitrogens with one attached hydrogen (secondary N) is 1. The Balaban J connectivity index is 1.87. The lowest BCUT2D eigenvalue weighted by Gasteiger charge is -2.40. The maximum atomic E-state index is 9.68. The van der Waals surface area contributed by atoms with Crippen LogP contribution in [0.2, 0.25) is 0 Å². The molecule has 2 rings (SSSR count). The molecule has 1 saturated heterocycles. The predicted molar refractivity (Wildman–Crippen MR) is 64.9 cm³/mol. The Morgan fingerprint density at radius 1 is 1.41 bits per heavy atom. The van der Waals surface area contributed by atoms with Crippen LogP contribution in [0.4, 0.5) is 0 Å². The molecule has 0 amide bonds. The van der Waals surface area contributed by atoms with Gasteiger partial charge in [-0.1, -0.05) is 17.7 Å². The van der Waals surface area contributed by atoms with Crippen LogP contribution in [0.25, 0.3) is 0 Å². The number of phenols is 1. The second kappa shape index (κ2) is 5.04. The summed E-state index contributed by atoms with van der Waals surface area (Å²) in [4.78, 5) is 0. The molecule has 0 radical (unpaired) electrons. The van der Waals surface area contributed by atoms with Gasteiger partial charge in [0.15, 0.2) is 0 Å². The highest BCUT2D eigenvalue weighted by molar-refractivity contribution is 5.35. The first-order valence-electron chi connectivity index (χ1n) is 5.83. The highest BCUT2D eigenvalue weighted by atomic mass is 16.5. The first-order valence-corrected chi connectivity index (χ1v) is 5.83. The molecule has 1 aliphatic heterocycles. The van der Waals surface area contributed by atoms with Crippen LogP contribution in [-0.2, 0) is 11.3 Å². The molecule has 1 aliphatic rings. The van der Waals surface area contributed by atoms with Crippen molar-refractivity contribution >= 4 is 0 Å². The van der Waals surface area contributed by atoms with Crippen molar-refractivity contribution in [1.82, 2.24) is 5.32 Å². The molecule has 1 aromatic rings. The van der Waals surface area contributed by atoms with Gasteiger partial charge in [0.05, 0.1) is 25.2 Å². The zero-order chi connectivity index (χ0) is 12.3. The first-order chi connectivity index (χ1) is 8.15. The normalized spacial score (nSPS) is 17.8. The Kier molecular flexibility index (Phi) is 3.66. The van der Waals surface area contributed by atoms with E-state index in [0.29, 0.717) is 32.1 Å². The maximum absolute atomic E-state index is 9.68. The Hall–Kier alpha value is -1.10. The number of benzene rings is 1. The molecule has 0 aromatic heterocycles. The van der Waals surface area contributed by atoms with Crippen molar-refractivity contribution < 1.29 is 14.9 Å². The van der Waals surface area contributed by atoms with Crippen LogP contribution in [0.1, 0.15) is 11.1 Å². The van der Waals surface area contributed by atoms with Crippen molar-refractivity contribution in [3.63, 3.8) is 0 Å². The summed E-state index contributed by atoms with van der Waals surface area (Å²) >= 11 is 0. The molecule has 0 unspecified atom stereocenters. The smallest absolute Gasteiger partial charge is 0.120 e. The predicted octanol–water partition coefficient (Wildman–Crippen LogP) is 0.799. The summed E-state index contributed by atoms with van der Waals surface area (Å²) in [7, 11) is 0. The summed E-state index contributed by atoms with van der Waals surface area (Å²) in [5.74, 6) is 0.311. The quantitative estimate of drug-likeness (QED) is 0.709. The number of aliphatic hydroxyl groups is 1. The van der Waals surface area contributed by atoms with E-state index in [2.05, 4.69) is 5.32 Å². The molecular formula is C13H19NO3. The SMILES string of the molecule is Cc1ccc(O)c(CNCC2(CO)COC2)c1. The maximum Gasteiger partial charge on any atom is 0.120 e. The summed E-state index contributed by atoms with van der Waals surface area (Å²) in [5, 5.41) is 22.2. The van der Waals surface area contributed by atoms with E-state index < -0.39 is 0 Å². The lowest BCUT2D eigenvalue weighted by Crippen LogP contribution is -2.52. The molecular weight excluding hydrogens is 218 g/mol. The second-order valence-corrected chi connectivity index (χ2v) is 4.89. The van der Waals surface area contributed by atoms with Crippen molar-refractivity contribution in [3.8, 4) is 5.75 Å². The molecule has 0 bridgehead atoms. The van der Waals surface area contributed by atoms with Crippen molar-refractivity contribution in [1.29, 1.82) is 0 Å². The topological polar surface area (TPSA) is 61.7 Å². The molecule has 0 aliphatic carbocycles. The molecule has 0 spiro atoms. The third-order valence-electron chi connectivity index (χ3n) is 3.20. The Bertz CT molecular complexity index is 383. The highest BCUT2D eigenvalue weighted by Crippen LogP contribution is 2.26. The molecule has 0 saturated carbocycles. The largest absolute Gasteiger partial charge is 0.508 e. The van der Waals surface area contributed by atoms with Crippen LogP contribution < -0.4 is 5.32 Å².